The van der Waals surface area contributed by atoms with Gasteiger partial charge in [-0.2, -0.15) is 0 Å². The minimum absolute atomic E-state index is 0.283. The lowest BCUT2D eigenvalue weighted by atomic mass is 10.1. The van der Waals surface area contributed by atoms with Gasteiger partial charge in [0.05, 0.1) is 0 Å². The quantitative estimate of drug-likeness (QED) is 0.886. The van der Waals surface area contributed by atoms with Crippen LogP contribution in [0.25, 0.3) is 0 Å². The normalized spacial score (nSPS) is 24.3. The fourth-order valence-electron chi connectivity index (χ4n) is 2.89. The molecule has 1 saturated carbocycles. The highest BCUT2D eigenvalue weighted by atomic mass is 16.4. The van der Waals surface area contributed by atoms with Crippen molar-refractivity contribution in [3.8, 4) is 0 Å². The average Bonchev–Trinajstić information content (AvgIpc) is 3.10. The predicted molar refractivity (Wildman–Crippen MR) is 69.5 cm³/mol. The Morgan fingerprint density at radius 1 is 1.33 bits per heavy atom. The van der Waals surface area contributed by atoms with Gasteiger partial charge in [0.2, 0.25) is 0 Å². The second kappa shape index (κ2) is 4.73. The summed E-state index contributed by atoms with van der Waals surface area (Å²) in [6.07, 6.45) is 4.41. The Labute approximate surface area is 107 Å². The molecule has 1 aromatic rings. The van der Waals surface area contributed by atoms with Crippen LogP contribution >= 0.6 is 0 Å². The van der Waals surface area contributed by atoms with Crippen molar-refractivity contribution in [3.63, 3.8) is 0 Å². The zero-order chi connectivity index (χ0) is 12.5. The van der Waals surface area contributed by atoms with Gasteiger partial charge in [-0.05, 0) is 49.3 Å². The molecule has 18 heavy (non-hydrogen) atoms. The molecule has 0 bridgehead atoms. The topological polar surface area (TPSA) is 40.5 Å². The number of nitrogens with zero attached hydrogens (tertiary/aromatic N) is 1. The largest absolute Gasteiger partial charge is 0.480 e. The molecule has 2 aliphatic rings. The highest BCUT2D eigenvalue weighted by molar-refractivity contribution is 5.73. The maximum absolute atomic E-state index is 11.1. The molecular formula is C15H19NO2. The molecule has 2 fully saturated rings. The first-order chi connectivity index (χ1) is 8.74. The summed E-state index contributed by atoms with van der Waals surface area (Å²) < 4.78 is 0. The van der Waals surface area contributed by atoms with Gasteiger partial charge in [0.1, 0.15) is 6.04 Å². The van der Waals surface area contributed by atoms with Crippen LogP contribution in [0.4, 0.5) is 0 Å². The van der Waals surface area contributed by atoms with Gasteiger partial charge in [0.15, 0.2) is 0 Å². The summed E-state index contributed by atoms with van der Waals surface area (Å²) in [4.78, 5) is 13.2. The van der Waals surface area contributed by atoms with E-state index in [1.165, 1.54) is 24.0 Å². The lowest BCUT2D eigenvalue weighted by Gasteiger charge is -2.21. The van der Waals surface area contributed by atoms with Gasteiger partial charge in [-0.15, -0.1) is 0 Å². The van der Waals surface area contributed by atoms with Crippen molar-refractivity contribution < 1.29 is 9.90 Å². The van der Waals surface area contributed by atoms with Gasteiger partial charge < -0.3 is 5.11 Å². The molecule has 1 aromatic carbocycles. The fraction of sp³-hybridized carbons (Fsp3) is 0.533. The molecule has 0 radical (unpaired) electrons. The number of aliphatic carboxylic acids is 1. The molecular weight excluding hydrogens is 226 g/mol. The van der Waals surface area contributed by atoms with E-state index in [0.29, 0.717) is 0 Å². The summed E-state index contributed by atoms with van der Waals surface area (Å²) in [6.45, 7) is 1.68. The smallest absolute Gasteiger partial charge is 0.320 e. The highest BCUT2D eigenvalue weighted by Gasteiger charge is 2.30. The zero-order valence-corrected chi connectivity index (χ0v) is 10.5. The van der Waals surface area contributed by atoms with E-state index >= 15 is 0 Å². The van der Waals surface area contributed by atoms with Crippen LogP contribution in [0.2, 0.25) is 0 Å². The lowest BCUT2D eigenvalue weighted by molar-refractivity contribution is -0.142. The Kier molecular flexibility index (Phi) is 3.08. The van der Waals surface area contributed by atoms with Crippen LogP contribution in [0.1, 0.15) is 42.7 Å². The zero-order valence-electron chi connectivity index (χ0n) is 10.5. The number of hydrogen-bond donors (Lipinski definition) is 1. The molecule has 0 amide bonds. The Morgan fingerprint density at radius 2 is 2.17 bits per heavy atom. The standard InChI is InChI=1S/C15H19NO2/c17-15(18)14-5-2-8-16(14)10-11-3-1-4-13(9-11)12-6-7-12/h1,3-4,9,12,14H,2,5-8,10H2,(H,17,18)/t14-/m1/s1. The SMILES string of the molecule is O=C(O)[C@H]1CCCN1Cc1cccc(C2CC2)c1. The van der Waals surface area contributed by atoms with Crippen LogP contribution < -0.4 is 0 Å². The summed E-state index contributed by atoms with van der Waals surface area (Å²) in [5.74, 6) is 0.0876. The molecule has 0 unspecified atom stereocenters. The van der Waals surface area contributed by atoms with Crippen LogP contribution in [-0.4, -0.2) is 28.6 Å². The van der Waals surface area contributed by atoms with Gasteiger partial charge in [0.25, 0.3) is 0 Å². The van der Waals surface area contributed by atoms with E-state index < -0.39 is 5.97 Å². The molecule has 1 atom stereocenters. The Morgan fingerprint density at radius 3 is 2.89 bits per heavy atom. The van der Waals surface area contributed by atoms with E-state index in [1.54, 1.807) is 0 Å². The molecule has 0 spiro atoms. The summed E-state index contributed by atoms with van der Waals surface area (Å²) in [6, 6.07) is 8.39. The highest BCUT2D eigenvalue weighted by Crippen LogP contribution is 2.40. The number of hydrogen-bond acceptors (Lipinski definition) is 2. The number of rotatable bonds is 4. The predicted octanol–water partition coefficient (Wildman–Crippen LogP) is 2.61. The summed E-state index contributed by atoms with van der Waals surface area (Å²) in [7, 11) is 0. The number of carboxylic acids is 1. The van der Waals surface area contributed by atoms with Crippen molar-refractivity contribution in [3.05, 3.63) is 35.4 Å². The molecule has 3 heteroatoms. The van der Waals surface area contributed by atoms with Crippen LogP contribution in [0.5, 0.6) is 0 Å². The van der Waals surface area contributed by atoms with E-state index in [2.05, 4.69) is 29.2 Å². The van der Waals surface area contributed by atoms with E-state index in [0.717, 1.165) is 31.8 Å². The molecule has 1 heterocycles. The van der Waals surface area contributed by atoms with Gasteiger partial charge in [-0.3, -0.25) is 9.69 Å². The monoisotopic (exact) mass is 245 g/mol. The third-order valence-corrected chi connectivity index (χ3v) is 4.03. The molecule has 1 saturated heterocycles. The number of carbonyl (C=O) groups is 1. The minimum Gasteiger partial charge on any atom is -0.480 e. The Hall–Kier alpha value is -1.35. The summed E-state index contributed by atoms with van der Waals surface area (Å²) in [5, 5.41) is 9.17. The van der Waals surface area contributed by atoms with Gasteiger partial charge in [-0.1, -0.05) is 24.3 Å². The van der Waals surface area contributed by atoms with Gasteiger partial charge >= 0.3 is 5.97 Å². The van der Waals surface area contributed by atoms with Crippen LogP contribution in [0.15, 0.2) is 24.3 Å². The lowest BCUT2D eigenvalue weighted by Crippen LogP contribution is -2.35. The van der Waals surface area contributed by atoms with Crippen molar-refractivity contribution in [2.45, 2.75) is 44.2 Å². The second-order valence-corrected chi connectivity index (χ2v) is 5.49. The van der Waals surface area contributed by atoms with Crippen LogP contribution in [-0.2, 0) is 11.3 Å². The molecule has 1 aliphatic heterocycles. The molecule has 0 aromatic heterocycles. The summed E-state index contributed by atoms with van der Waals surface area (Å²) >= 11 is 0. The third kappa shape index (κ3) is 2.41. The molecule has 3 rings (SSSR count). The van der Waals surface area contributed by atoms with Crippen molar-refractivity contribution >= 4 is 5.97 Å². The maximum Gasteiger partial charge on any atom is 0.320 e. The van der Waals surface area contributed by atoms with Crippen LogP contribution in [0, 0.1) is 0 Å². The number of carboxylic acid groups (broad SMARTS) is 1. The summed E-state index contributed by atoms with van der Waals surface area (Å²) in [5.41, 5.74) is 2.69. The number of benzene rings is 1. The molecule has 96 valence electrons. The molecule has 1 N–H and O–H groups in total. The first-order valence-electron chi connectivity index (χ1n) is 6.80. The fourth-order valence-corrected chi connectivity index (χ4v) is 2.89. The van der Waals surface area contributed by atoms with Gasteiger partial charge in [-0.25, -0.2) is 0 Å². The van der Waals surface area contributed by atoms with Crippen molar-refractivity contribution in [2.75, 3.05) is 6.54 Å². The third-order valence-electron chi connectivity index (χ3n) is 4.03. The average molecular weight is 245 g/mol. The molecule has 3 nitrogen and oxygen atoms in total. The maximum atomic E-state index is 11.1. The van der Waals surface area contributed by atoms with Crippen LogP contribution in [0.3, 0.4) is 0 Å². The first-order valence-corrected chi connectivity index (χ1v) is 6.80. The second-order valence-electron chi connectivity index (χ2n) is 5.49. The van der Waals surface area contributed by atoms with E-state index in [9.17, 15) is 9.90 Å². The Balaban J connectivity index is 1.71. The van der Waals surface area contributed by atoms with Crippen molar-refractivity contribution in [2.24, 2.45) is 0 Å². The van der Waals surface area contributed by atoms with Gasteiger partial charge in [0, 0.05) is 6.54 Å². The number of likely N-dealkylation sites (tertiary alicyclic amines) is 1. The molecule has 1 aliphatic carbocycles. The minimum atomic E-state index is -0.675. The van der Waals surface area contributed by atoms with Crippen molar-refractivity contribution in [1.82, 2.24) is 4.90 Å². The Bertz CT molecular complexity index is 454. The van der Waals surface area contributed by atoms with E-state index in [4.69, 9.17) is 0 Å². The van der Waals surface area contributed by atoms with E-state index in [1.807, 2.05) is 0 Å². The van der Waals surface area contributed by atoms with Crippen molar-refractivity contribution in [1.29, 1.82) is 0 Å². The van der Waals surface area contributed by atoms with E-state index in [-0.39, 0.29) is 6.04 Å². The first kappa shape index (κ1) is 11.7.